The molecule has 0 aliphatic carbocycles. The van der Waals surface area contributed by atoms with E-state index in [0.29, 0.717) is 0 Å². The average molecular weight is 314 g/mol. The largest absolute Gasteiger partial charge is 0.461 e. The van der Waals surface area contributed by atoms with Crippen molar-refractivity contribution in [2.75, 3.05) is 0 Å². The molecule has 0 aliphatic rings. The van der Waals surface area contributed by atoms with Crippen LogP contribution in [0.25, 0.3) is 22.5 Å². The fourth-order valence-corrected chi connectivity index (χ4v) is 2.62. The molecule has 0 saturated heterocycles. The summed E-state index contributed by atoms with van der Waals surface area (Å²) in [5.74, 6) is 0.269. The van der Waals surface area contributed by atoms with E-state index in [1.165, 1.54) is 6.26 Å². The smallest absolute Gasteiger partial charge is 0.263 e. The summed E-state index contributed by atoms with van der Waals surface area (Å²) >= 11 is 0. The second-order valence-electron chi connectivity index (χ2n) is 5.35. The van der Waals surface area contributed by atoms with E-state index in [9.17, 15) is 4.79 Å². The number of aromatic nitrogens is 2. The zero-order chi connectivity index (χ0) is 16.4. The number of hydrogen-bond donors (Lipinski definition) is 1. The summed E-state index contributed by atoms with van der Waals surface area (Å²) in [4.78, 5) is 20.3. The standard InChI is InChI=1S/C20H14N2O2/c23-19(16-12-7-13-24-16)20-21-17(14-8-3-1-4-9-14)18(22-20)15-10-5-2-6-11-15/h1-13H,(H,21,22). The summed E-state index contributed by atoms with van der Waals surface area (Å²) in [6.07, 6.45) is 1.48. The molecular formula is C20H14N2O2. The van der Waals surface area contributed by atoms with Gasteiger partial charge in [-0.2, -0.15) is 0 Å². The molecule has 0 radical (unpaired) electrons. The van der Waals surface area contributed by atoms with Gasteiger partial charge in [0.05, 0.1) is 17.7 Å². The summed E-state index contributed by atoms with van der Waals surface area (Å²) < 4.78 is 5.20. The van der Waals surface area contributed by atoms with E-state index < -0.39 is 0 Å². The second kappa shape index (κ2) is 6.01. The number of rotatable bonds is 4. The van der Waals surface area contributed by atoms with Gasteiger partial charge in [0.15, 0.2) is 11.6 Å². The Morgan fingerprint density at radius 3 is 2.12 bits per heavy atom. The van der Waals surface area contributed by atoms with Gasteiger partial charge in [0.25, 0.3) is 5.78 Å². The number of nitrogens with one attached hydrogen (secondary N) is 1. The maximum atomic E-state index is 12.5. The predicted molar refractivity (Wildman–Crippen MR) is 91.6 cm³/mol. The van der Waals surface area contributed by atoms with Gasteiger partial charge in [-0.3, -0.25) is 4.79 Å². The van der Waals surface area contributed by atoms with E-state index in [0.717, 1.165) is 22.5 Å². The Bertz CT molecular complexity index is 899. The van der Waals surface area contributed by atoms with Gasteiger partial charge in [0, 0.05) is 11.1 Å². The van der Waals surface area contributed by atoms with Crippen molar-refractivity contribution in [3.05, 3.63) is 90.6 Å². The topological polar surface area (TPSA) is 58.9 Å². The zero-order valence-corrected chi connectivity index (χ0v) is 12.8. The molecule has 1 N–H and O–H groups in total. The normalized spacial score (nSPS) is 10.7. The van der Waals surface area contributed by atoms with E-state index in [4.69, 9.17) is 4.42 Å². The molecule has 4 rings (SSSR count). The Labute approximate surface area is 138 Å². The first kappa shape index (κ1) is 14.2. The molecule has 0 spiro atoms. The van der Waals surface area contributed by atoms with E-state index >= 15 is 0 Å². The molecular weight excluding hydrogens is 300 g/mol. The Balaban J connectivity index is 1.87. The van der Waals surface area contributed by atoms with Crippen LogP contribution in [0.3, 0.4) is 0 Å². The van der Waals surface area contributed by atoms with Gasteiger partial charge < -0.3 is 9.40 Å². The number of carbonyl (C=O) groups is 1. The number of aromatic amines is 1. The second-order valence-corrected chi connectivity index (χ2v) is 5.35. The average Bonchev–Trinajstić information content (AvgIpc) is 3.33. The highest BCUT2D eigenvalue weighted by atomic mass is 16.3. The van der Waals surface area contributed by atoms with Crippen molar-refractivity contribution in [2.24, 2.45) is 0 Å². The molecule has 0 amide bonds. The third kappa shape index (κ3) is 2.54. The first-order chi connectivity index (χ1) is 11.8. The van der Waals surface area contributed by atoms with E-state index in [-0.39, 0.29) is 17.4 Å². The number of H-pyrrole nitrogens is 1. The van der Waals surface area contributed by atoms with Crippen molar-refractivity contribution >= 4 is 5.78 Å². The molecule has 24 heavy (non-hydrogen) atoms. The van der Waals surface area contributed by atoms with Crippen LogP contribution < -0.4 is 0 Å². The van der Waals surface area contributed by atoms with Gasteiger partial charge >= 0.3 is 0 Å². The zero-order valence-electron chi connectivity index (χ0n) is 12.8. The fourth-order valence-electron chi connectivity index (χ4n) is 2.62. The lowest BCUT2D eigenvalue weighted by Gasteiger charge is -2.02. The highest BCUT2D eigenvalue weighted by Crippen LogP contribution is 2.30. The van der Waals surface area contributed by atoms with Gasteiger partial charge in [0.2, 0.25) is 0 Å². The van der Waals surface area contributed by atoms with Crippen LogP contribution in [0, 0.1) is 0 Å². The molecule has 4 nitrogen and oxygen atoms in total. The van der Waals surface area contributed by atoms with Crippen molar-refractivity contribution in [3.8, 4) is 22.5 Å². The Kier molecular flexibility index (Phi) is 3.56. The highest BCUT2D eigenvalue weighted by molar-refractivity contribution is 6.05. The van der Waals surface area contributed by atoms with Crippen molar-refractivity contribution in [2.45, 2.75) is 0 Å². The lowest BCUT2D eigenvalue weighted by atomic mass is 10.1. The molecule has 0 unspecified atom stereocenters. The summed E-state index contributed by atoms with van der Waals surface area (Å²) in [7, 11) is 0. The Morgan fingerprint density at radius 1 is 0.833 bits per heavy atom. The van der Waals surface area contributed by atoms with Crippen LogP contribution in [0.1, 0.15) is 16.4 Å². The summed E-state index contributed by atoms with van der Waals surface area (Å²) in [5.41, 5.74) is 3.49. The molecule has 2 heterocycles. The minimum absolute atomic E-state index is 0.264. The molecule has 0 atom stereocenters. The van der Waals surface area contributed by atoms with Crippen LogP contribution in [0.4, 0.5) is 0 Å². The number of benzene rings is 2. The Hall–Kier alpha value is -3.40. The third-order valence-electron chi connectivity index (χ3n) is 3.77. The van der Waals surface area contributed by atoms with Gasteiger partial charge in [-0.1, -0.05) is 60.7 Å². The van der Waals surface area contributed by atoms with Gasteiger partial charge in [0.1, 0.15) is 0 Å². The van der Waals surface area contributed by atoms with Gasteiger partial charge in [-0.05, 0) is 12.1 Å². The number of ketones is 1. The number of hydrogen-bond acceptors (Lipinski definition) is 3. The van der Waals surface area contributed by atoms with Crippen LogP contribution in [-0.2, 0) is 0 Å². The monoisotopic (exact) mass is 314 g/mol. The van der Waals surface area contributed by atoms with E-state index in [2.05, 4.69) is 9.97 Å². The summed E-state index contributed by atoms with van der Waals surface area (Å²) in [6, 6.07) is 23.0. The molecule has 0 aliphatic heterocycles. The van der Waals surface area contributed by atoms with Crippen LogP contribution in [0.2, 0.25) is 0 Å². The van der Waals surface area contributed by atoms with E-state index in [1.807, 2.05) is 60.7 Å². The lowest BCUT2D eigenvalue weighted by molar-refractivity contribution is 0.100. The summed E-state index contributed by atoms with van der Waals surface area (Å²) in [6.45, 7) is 0. The predicted octanol–water partition coefficient (Wildman–Crippen LogP) is 4.57. The fraction of sp³-hybridized carbons (Fsp3) is 0. The molecule has 0 bridgehead atoms. The van der Waals surface area contributed by atoms with Crippen molar-refractivity contribution in [1.82, 2.24) is 9.97 Å². The SMILES string of the molecule is O=C(c1nc(-c2ccccc2)c(-c2ccccc2)[nH]1)c1ccco1. The van der Waals surface area contributed by atoms with Crippen molar-refractivity contribution in [1.29, 1.82) is 0 Å². The van der Waals surface area contributed by atoms with Gasteiger partial charge in [-0.25, -0.2) is 4.98 Å². The number of imidazole rings is 1. The molecule has 2 aromatic heterocycles. The van der Waals surface area contributed by atoms with Crippen LogP contribution in [-0.4, -0.2) is 15.8 Å². The van der Waals surface area contributed by atoms with Crippen LogP contribution >= 0.6 is 0 Å². The van der Waals surface area contributed by atoms with Crippen LogP contribution in [0.5, 0.6) is 0 Å². The maximum absolute atomic E-state index is 12.5. The maximum Gasteiger partial charge on any atom is 0.263 e. The molecule has 0 saturated carbocycles. The minimum Gasteiger partial charge on any atom is -0.461 e. The minimum atomic E-state index is -0.264. The Morgan fingerprint density at radius 2 is 1.50 bits per heavy atom. The first-order valence-corrected chi connectivity index (χ1v) is 7.62. The van der Waals surface area contributed by atoms with Crippen molar-refractivity contribution in [3.63, 3.8) is 0 Å². The quantitative estimate of drug-likeness (QED) is 0.561. The van der Waals surface area contributed by atoms with Crippen LogP contribution in [0.15, 0.2) is 83.5 Å². The molecule has 4 heteroatoms. The number of nitrogens with zero attached hydrogens (tertiary/aromatic N) is 1. The van der Waals surface area contributed by atoms with Crippen molar-refractivity contribution < 1.29 is 9.21 Å². The third-order valence-corrected chi connectivity index (χ3v) is 3.77. The molecule has 2 aromatic carbocycles. The molecule has 4 aromatic rings. The number of carbonyl (C=O) groups excluding carboxylic acids is 1. The molecule has 116 valence electrons. The van der Waals surface area contributed by atoms with E-state index in [1.54, 1.807) is 12.1 Å². The molecule has 0 fully saturated rings. The summed E-state index contributed by atoms with van der Waals surface area (Å²) in [5, 5.41) is 0. The van der Waals surface area contributed by atoms with Gasteiger partial charge in [-0.15, -0.1) is 0 Å². The number of furan rings is 1. The first-order valence-electron chi connectivity index (χ1n) is 7.62. The highest BCUT2D eigenvalue weighted by Gasteiger charge is 2.20. The lowest BCUT2D eigenvalue weighted by Crippen LogP contribution is -2.02.